The molecular formula is C32H68N4O12S2. The Labute approximate surface area is 300 Å². The smallest absolute Gasteiger partial charge is 0.280 e. The fraction of sp³-hybridized carbons (Fsp3) is 0.875. The van der Waals surface area contributed by atoms with Crippen LogP contribution < -0.4 is 34.0 Å². The van der Waals surface area contributed by atoms with Gasteiger partial charge < -0.3 is 43.6 Å². The molecule has 50 heavy (non-hydrogen) atoms. The van der Waals surface area contributed by atoms with Crippen LogP contribution in [0.2, 0.25) is 0 Å². The molecule has 0 aliphatic heterocycles. The van der Waals surface area contributed by atoms with Gasteiger partial charge in [0.15, 0.2) is 9.49 Å². The molecule has 0 aliphatic rings. The Balaban J connectivity index is -0.000000407. The number of primary amides is 2. The molecule has 0 aliphatic carbocycles. The number of carboxylic acids is 2. The number of nitrogens with two attached hydrogens (primary N) is 2. The zero-order chi connectivity index (χ0) is 37.3. The van der Waals surface area contributed by atoms with E-state index in [-0.39, 0.29) is 25.1 Å². The van der Waals surface area contributed by atoms with E-state index in [1.165, 1.54) is 64.2 Å². The van der Waals surface area contributed by atoms with Gasteiger partial charge in [0.05, 0.1) is 0 Å². The van der Waals surface area contributed by atoms with Crippen LogP contribution in [0.25, 0.3) is 0 Å². The molecule has 2 amide bonds. The lowest BCUT2D eigenvalue weighted by molar-refractivity contribution is -0.307. The molecule has 0 fully saturated rings. The molecule has 2 unspecified atom stereocenters. The number of rotatable bonds is 30. The summed E-state index contributed by atoms with van der Waals surface area (Å²) in [6, 6.07) is 0. The minimum atomic E-state index is -4.93. The molecule has 0 spiro atoms. The third-order valence-corrected chi connectivity index (χ3v) is 11.7. The predicted molar refractivity (Wildman–Crippen MR) is 191 cm³/mol. The van der Waals surface area contributed by atoms with Crippen molar-refractivity contribution >= 4 is 44.0 Å². The molecule has 0 saturated carbocycles. The normalized spacial score (nSPS) is 13.7. The number of carboxylic acid groups (broad SMARTS) is 2. The van der Waals surface area contributed by atoms with Crippen molar-refractivity contribution in [2.45, 2.75) is 177 Å². The molecule has 0 heterocycles. The van der Waals surface area contributed by atoms with Crippen LogP contribution in [0, 0.1) is 0 Å². The van der Waals surface area contributed by atoms with Gasteiger partial charge in [-0.15, -0.1) is 0 Å². The minimum absolute atomic E-state index is 0. The molecule has 16 nitrogen and oxygen atoms in total. The third-order valence-electron chi connectivity index (χ3n) is 8.61. The summed E-state index contributed by atoms with van der Waals surface area (Å²) in [6.45, 7) is 4.33. The van der Waals surface area contributed by atoms with Crippen LogP contribution in [-0.2, 0) is 39.4 Å². The molecule has 300 valence electrons. The molecule has 0 saturated heterocycles. The Bertz CT molecular complexity index is 1080. The highest BCUT2D eigenvalue weighted by molar-refractivity contribution is 7.88. The van der Waals surface area contributed by atoms with Gasteiger partial charge in [0.25, 0.3) is 20.2 Å². The average molecular weight is 765 g/mol. The van der Waals surface area contributed by atoms with E-state index in [0.29, 0.717) is 25.7 Å². The number of unbranched alkanes of at least 4 members (excludes halogenated alkanes) is 18. The first kappa shape index (κ1) is 54.4. The van der Waals surface area contributed by atoms with E-state index < -0.39 is 66.3 Å². The molecule has 0 rings (SSSR count). The standard InChI is InChI=1S/2C16H31NO6S.2H3N/c2*1-2-3-4-5-6-7-8-9-10-11-12-16(15(17)20,13-14(18)19)24(21,22)23;;/h2*2-13H2,1H3,(H2,17,20)(H,18,19)(H,21,22,23);2*1H3. The van der Waals surface area contributed by atoms with Crippen molar-refractivity contribution in [2.75, 3.05) is 0 Å². The summed E-state index contributed by atoms with van der Waals surface area (Å²) in [5.74, 6) is -6.19. The van der Waals surface area contributed by atoms with Crippen LogP contribution in [-0.4, -0.2) is 59.2 Å². The van der Waals surface area contributed by atoms with E-state index in [2.05, 4.69) is 13.8 Å². The highest BCUT2D eigenvalue weighted by Gasteiger charge is 2.49. The summed E-state index contributed by atoms with van der Waals surface area (Å²) in [5, 5.41) is 21.5. The first-order chi connectivity index (χ1) is 22.3. The van der Waals surface area contributed by atoms with Crippen molar-refractivity contribution in [2.24, 2.45) is 11.5 Å². The average Bonchev–Trinajstić information content (AvgIpc) is 2.96. The van der Waals surface area contributed by atoms with Crippen LogP contribution in [0.4, 0.5) is 0 Å². The summed E-state index contributed by atoms with van der Waals surface area (Å²) in [6.07, 6.45) is 17.1. The van der Waals surface area contributed by atoms with Gasteiger partial charge in [-0.25, -0.2) is 0 Å². The van der Waals surface area contributed by atoms with Crippen molar-refractivity contribution < 1.29 is 55.3 Å². The van der Waals surface area contributed by atoms with Crippen LogP contribution in [0.15, 0.2) is 0 Å². The second-order valence-corrected chi connectivity index (χ2v) is 16.1. The maximum atomic E-state index is 11.5. The summed E-state index contributed by atoms with van der Waals surface area (Å²) in [4.78, 5) is 44.5. The van der Waals surface area contributed by atoms with Gasteiger partial charge in [-0.05, 0) is 12.8 Å². The second kappa shape index (κ2) is 29.2. The zero-order valence-corrected chi connectivity index (χ0v) is 32.6. The lowest BCUT2D eigenvalue weighted by Crippen LogP contribution is -2.53. The van der Waals surface area contributed by atoms with Gasteiger partial charge in [0.1, 0.15) is 0 Å². The monoisotopic (exact) mass is 764 g/mol. The molecule has 0 aromatic carbocycles. The number of aliphatic carboxylic acids is 2. The van der Waals surface area contributed by atoms with Crippen molar-refractivity contribution in [1.29, 1.82) is 0 Å². The van der Waals surface area contributed by atoms with Crippen molar-refractivity contribution in [3.05, 3.63) is 0 Å². The van der Waals surface area contributed by atoms with Crippen LogP contribution in [0.3, 0.4) is 0 Å². The Kier molecular flexibility index (Phi) is 31.8. The molecule has 0 aromatic heterocycles. The fourth-order valence-corrected chi connectivity index (χ4v) is 7.47. The van der Waals surface area contributed by atoms with Crippen LogP contribution in [0.5, 0.6) is 0 Å². The largest absolute Gasteiger partial charge is 0.550 e. The van der Waals surface area contributed by atoms with Crippen molar-refractivity contribution in [1.82, 2.24) is 12.3 Å². The molecule has 14 N–H and O–H groups in total. The molecule has 2 atom stereocenters. The summed E-state index contributed by atoms with van der Waals surface area (Å²) in [7, 11) is -9.85. The highest BCUT2D eigenvalue weighted by Crippen LogP contribution is 2.29. The quantitative estimate of drug-likeness (QED) is 0.0449. The lowest BCUT2D eigenvalue weighted by Gasteiger charge is -2.27. The topological polar surface area (TPSA) is 348 Å². The number of hydrogen-bond donors (Lipinski definition) is 6. The fourth-order valence-electron chi connectivity index (χ4n) is 5.55. The summed E-state index contributed by atoms with van der Waals surface area (Å²) >= 11 is 0. The SMILES string of the molecule is CCCCCCCCCCCCC(CC(=O)[O-])(C(N)=O)S(=O)(=O)O.CCCCCCCCCCCCC(CC(=O)[O-])(C(N)=O)S(=O)(=O)O.[NH4+].[NH4+]. The van der Waals surface area contributed by atoms with Gasteiger partial charge in [-0.1, -0.05) is 142 Å². The second-order valence-electron chi connectivity index (χ2n) is 12.6. The van der Waals surface area contributed by atoms with Crippen molar-refractivity contribution in [3.8, 4) is 0 Å². The first-order valence-corrected chi connectivity index (χ1v) is 20.2. The number of quaternary nitrogens is 2. The maximum Gasteiger partial charge on any atom is 0.280 e. The summed E-state index contributed by atoms with van der Waals surface area (Å²) in [5.41, 5.74) is 10.1. The molecule has 0 radical (unpaired) electrons. The van der Waals surface area contributed by atoms with Gasteiger partial charge >= 0.3 is 0 Å². The Morgan fingerprint density at radius 3 is 0.840 bits per heavy atom. The predicted octanol–water partition coefficient (Wildman–Crippen LogP) is 3.85. The van der Waals surface area contributed by atoms with Crippen molar-refractivity contribution in [3.63, 3.8) is 0 Å². The van der Waals surface area contributed by atoms with Crippen LogP contribution in [0.1, 0.15) is 168 Å². The molecule has 0 bridgehead atoms. The third kappa shape index (κ3) is 22.4. The maximum absolute atomic E-state index is 11.5. The van der Waals surface area contributed by atoms with Gasteiger partial charge in [-0.3, -0.25) is 18.7 Å². The lowest BCUT2D eigenvalue weighted by atomic mass is 9.95. The van der Waals surface area contributed by atoms with E-state index >= 15 is 0 Å². The molecule has 18 heteroatoms. The summed E-state index contributed by atoms with van der Waals surface area (Å²) < 4.78 is 59.5. The van der Waals surface area contributed by atoms with Crippen LogP contribution >= 0.6 is 0 Å². The van der Waals surface area contributed by atoms with E-state index in [1.807, 2.05) is 0 Å². The minimum Gasteiger partial charge on any atom is -0.550 e. The van der Waals surface area contributed by atoms with E-state index in [1.54, 1.807) is 0 Å². The zero-order valence-electron chi connectivity index (χ0n) is 30.9. The Morgan fingerprint density at radius 1 is 0.480 bits per heavy atom. The van der Waals surface area contributed by atoms with Gasteiger partial charge in [0.2, 0.25) is 11.8 Å². The van der Waals surface area contributed by atoms with E-state index in [0.717, 1.165) is 38.5 Å². The van der Waals surface area contributed by atoms with E-state index in [9.17, 15) is 55.3 Å². The molecular weight excluding hydrogens is 697 g/mol. The van der Waals surface area contributed by atoms with E-state index in [4.69, 9.17) is 11.5 Å². The first-order valence-electron chi connectivity index (χ1n) is 17.3. The Morgan fingerprint density at radius 2 is 0.680 bits per heavy atom. The number of carbonyl (C=O) groups is 4. The molecule has 0 aromatic rings. The number of amides is 2. The number of hydrogen-bond acceptors (Lipinski definition) is 10. The Hall–Kier alpha value is -2.38. The number of carbonyl (C=O) groups excluding carboxylic acids is 4. The van der Waals surface area contributed by atoms with Gasteiger partial charge in [0, 0.05) is 24.8 Å². The van der Waals surface area contributed by atoms with Gasteiger partial charge in [-0.2, -0.15) is 16.8 Å². The highest BCUT2D eigenvalue weighted by atomic mass is 32.2.